The number of esters is 1. The largest absolute Gasteiger partial charge is 0.457 e. The normalized spacial score (nSPS) is 24.0. The highest BCUT2D eigenvalue weighted by molar-refractivity contribution is 6.05. The van der Waals surface area contributed by atoms with Crippen molar-refractivity contribution in [2.75, 3.05) is 13.2 Å². The molecule has 156 valence electrons. The Balaban J connectivity index is 1.28. The average molecular weight is 400 g/mol. The number of fused-ring (bicyclic) bond motifs is 1. The number of nitrogens with zero attached hydrogens (tertiary/aromatic N) is 2. The van der Waals surface area contributed by atoms with E-state index >= 15 is 0 Å². The van der Waals surface area contributed by atoms with Crippen LogP contribution < -0.4 is 0 Å². The Morgan fingerprint density at radius 1 is 1.03 bits per heavy atom. The van der Waals surface area contributed by atoms with Crippen molar-refractivity contribution in [2.45, 2.75) is 64.8 Å². The molecule has 3 aliphatic rings. The van der Waals surface area contributed by atoms with Gasteiger partial charge in [-0.25, -0.2) is 0 Å². The van der Waals surface area contributed by atoms with Crippen LogP contribution in [-0.2, 0) is 19.1 Å². The van der Waals surface area contributed by atoms with Crippen molar-refractivity contribution in [3.8, 4) is 0 Å². The highest BCUT2D eigenvalue weighted by Gasteiger charge is 2.47. The van der Waals surface area contributed by atoms with Crippen LogP contribution in [-0.4, -0.2) is 46.2 Å². The third-order valence-electron chi connectivity index (χ3n) is 6.53. The van der Waals surface area contributed by atoms with E-state index in [1.54, 1.807) is 0 Å². The van der Waals surface area contributed by atoms with Gasteiger partial charge in [-0.2, -0.15) is 0 Å². The van der Waals surface area contributed by atoms with E-state index in [1.165, 1.54) is 4.90 Å². The van der Waals surface area contributed by atoms with Crippen molar-refractivity contribution < 1.29 is 23.9 Å². The maximum absolute atomic E-state index is 12.5. The summed E-state index contributed by atoms with van der Waals surface area (Å²) in [6.45, 7) is 3.62. The van der Waals surface area contributed by atoms with Gasteiger partial charge in [-0.1, -0.05) is 12.8 Å². The number of aromatic nitrogens is 1. The van der Waals surface area contributed by atoms with Crippen LogP contribution in [0.3, 0.4) is 0 Å². The molecule has 7 heteroatoms. The monoisotopic (exact) mass is 400 g/mol. The van der Waals surface area contributed by atoms with Gasteiger partial charge < -0.3 is 9.30 Å². The Morgan fingerprint density at radius 2 is 1.66 bits per heavy atom. The smallest absolute Gasteiger partial charge is 0.308 e. The van der Waals surface area contributed by atoms with Crippen molar-refractivity contribution >= 4 is 23.6 Å². The van der Waals surface area contributed by atoms with Crippen molar-refractivity contribution in [3.63, 3.8) is 0 Å². The topological polar surface area (TPSA) is 85.7 Å². The summed E-state index contributed by atoms with van der Waals surface area (Å²) in [5, 5.41) is 0. The highest BCUT2D eigenvalue weighted by Crippen LogP contribution is 2.39. The van der Waals surface area contributed by atoms with E-state index < -0.39 is 5.97 Å². The predicted octanol–water partition coefficient (Wildman–Crippen LogP) is 2.73. The predicted molar refractivity (Wildman–Crippen MR) is 104 cm³/mol. The molecule has 0 N–H and O–H groups in total. The Labute approximate surface area is 170 Å². The summed E-state index contributed by atoms with van der Waals surface area (Å²) < 4.78 is 7.32. The minimum atomic E-state index is -0.565. The molecule has 0 unspecified atom stereocenters. The zero-order valence-electron chi connectivity index (χ0n) is 17.1. The second-order valence-electron chi connectivity index (χ2n) is 8.55. The van der Waals surface area contributed by atoms with E-state index in [4.69, 9.17) is 4.74 Å². The summed E-state index contributed by atoms with van der Waals surface area (Å²) in [7, 11) is 0. The summed E-state index contributed by atoms with van der Waals surface area (Å²) in [6, 6.07) is 2.34. The van der Waals surface area contributed by atoms with Crippen LogP contribution in [0, 0.1) is 25.7 Å². The number of carbonyl (C=O) groups excluding carboxylic acids is 4. The van der Waals surface area contributed by atoms with E-state index in [2.05, 4.69) is 4.57 Å². The Bertz CT molecular complexity index is 843. The molecule has 1 aromatic rings. The van der Waals surface area contributed by atoms with Crippen molar-refractivity contribution in [2.24, 2.45) is 11.8 Å². The van der Waals surface area contributed by atoms with E-state index in [0.29, 0.717) is 11.6 Å². The van der Waals surface area contributed by atoms with Gasteiger partial charge in [0.05, 0.1) is 18.3 Å². The molecule has 0 spiro atoms. The first-order valence-electron chi connectivity index (χ1n) is 10.6. The lowest BCUT2D eigenvalue weighted by molar-refractivity contribution is -0.145. The molecule has 2 amide bonds. The number of carbonyl (C=O) groups is 4. The van der Waals surface area contributed by atoms with Gasteiger partial charge in [0.15, 0.2) is 6.61 Å². The minimum Gasteiger partial charge on any atom is -0.457 e. The van der Waals surface area contributed by atoms with E-state index in [9.17, 15) is 19.2 Å². The first-order chi connectivity index (χ1) is 13.9. The molecule has 2 heterocycles. The first-order valence-corrected chi connectivity index (χ1v) is 10.6. The number of aryl methyl sites for hydroxylation is 1. The third kappa shape index (κ3) is 3.74. The van der Waals surface area contributed by atoms with Crippen molar-refractivity contribution in [1.82, 2.24) is 9.47 Å². The number of amides is 2. The van der Waals surface area contributed by atoms with Gasteiger partial charge in [0, 0.05) is 29.5 Å². The molecule has 1 aromatic heterocycles. The van der Waals surface area contributed by atoms with Crippen LogP contribution in [0.4, 0.5) is 0 Å². The molecule has 2 atom stereocenters. The van der Waals surface area contributed by atoms with Crippen LogP contribution in [0.1, 0.15) is 72.7 Å². The minimum absolute atomic E-state index is 0.0356. The molecule has 0 radical (unpaired) electrons. The van der Waals surface area contributed by atoms with Crippen LogP contribution in [0.5, 0.6) is 0 Å². The number of hydrogen-bond donors (Lipinski definition) is 0. The number of imide groups is 1. The fourth-order valence-electron chi connectivity index (χ4n) is 4.90. The van der Waals surface area contributed by atoms with Gasteiger partial charge >= 0.3 is 5.97 Å². The molecular weight excluding hydrogens is 372 g/mol. The first kappa shape index (κ1) is 19.9. The van der Waals surface area contributed by atoms with Crippen LogP contribution in [0.25, 0.3) is 0 Å². The van der Waals surface area contributed by atoms with Gasteiger partial charge in [-0.15, -0.1) is 0 Å². The fraction of sp³-hybridized carbons (Fsp3) is 0.636. The number of likely N-dealkylation sites (tertiary alicyclic amines) is 1. The fourth-order valence-corrected chi connectivity index (χ4v) is 4.90. The standard InChI is InChI=1S/C22H28N2O5/c1-13-11-18(14(2)24(13)15-7-8-15)19(25)12-29-20(26)9-10-23-21(27)16-5-3-4-6-17(16)22(23)28/h11,15-17H,3-10,12H2,1-2H3/t16-,17-/m0/s1. The number of hydrogen-bond acceptors (Lipinski definition) is 5. The molecule has 4 rings (SSSR count). The second-order valence-corrected chi connectivity index (χ2v) is 8.55. The van der Waals surface area contributed by atoms with Gasteiger partial charge in [0.25, 0.3) is 0 Å². The lowest BCUT2D eigenvalue weighted by Crippen LogP contribution is -2.33. The number of ketones is 1. The van der Waals surface area contributed by atoms with Crippen molar-refractivity contribution in [3.05, 3.63) is 23.0 Å². The van der Waals surface area contributed by atoms with Crippen LogP contribution in [0.15, 0.2) is 6.07 Å². The van der Waals surface area contributed by atoms with Crippen LogP contribution >= 0.6 is 0 Å². The van der Waals surface area contributed by atoms with E-state index in [0.717, 1.165) is 49.9 Å². The van der Waals surface area contributed by atoms with E-state index in [1.807, 2.05) is 19.9 Å². The molecule has 0 aromatic carbocycles. The van der Waals surface area contributed by atoms with Crippen LogP contribution in [0.2, 0.25) is 0 Å². The van der Waals surface area contributed by atoms with Gasteiger partial charge in [0.1, 0.15) is 0 Å². The summed E-state index contributed by atoms with van der Waals surface area (Å²) in [4.78, 5) is 50.7. The molecule has 29 heavy (non-hydrogen) atoms. The van der Waals surface area contributed by atoms with Gasteiger partial charge in [0.2, 0.25) is 17.6 Å². The SMILES string of the molecule is Cc1cc(C(=O)COC(=O)CCN2C(=O)[C@H]3CCCC[C@@H]3C2=O)c(C)n1C1CC1. The van der Waals surface area contributed by atoms with Crippen molar-refractivity contribution in [1.29, 1.82) is 0 Å². The summed E-state index contributed by atoms with van der Waals surface area (Å²) in [6.07, 6.45) is 5.64. The maximum Gasteiger partial charge on any atom is 0.308 e. The molecule has 2 aliphatic carbocycles. The lowest BCUT2D eigenvalue weighted by Gasteiger charge is -2.19. The maximum atomic E-state index is 12.5. The zero-order valence-corrected chi connectivity index (χ0v) is 17.1. The summed E-state index contributed by atoms with van der Waals surface area (Å²) >= 11 is 0. The Kier molecular flexibility index (Phi) is 5.32. The number of ether oxygens (including phenoxy) is 1. The molecule has 1 saturated heterocycles. The molecule has 7 nitrogen and oxygen atoms in total. The molecular formula is C22H28N2O5. The highest BCUT2D eigenvalue weighted by atomic mass is 16.5. The average Bonchev–Trinajstić information content (AvgIpc) is 3.45. The molecule has 2 saturated carbocycles. The summed E-state index contributed by atoms with van der Waals surface area (Å²) in [5.74, 6) is -1.53. The summed E-state index contributed by atoms with van der Waals surface area (Å²) in [5.41, 5.74) is 2.56. The third-order valence-corrected chi connectivity index (χ3v) is 6.53. The number of Topliss-reactive ketones (excluding diaryl/α,β-unsaturated/α-hetero) is 1. The zero-order chi connectivity index (χ0) is 20.7. The molecule has 3 fully saturated rings. The second kappa shape index (κ2) is 7.76. The molecule has 1 aliphatic heterocycles. The Morgan fingerprint density at radius 3 is 2.24 bits per heavy atom. The number of rotatable bonds is 7. The van der Waals surface area contributed by atoms with E-state index in [-0.39, 0.29) is 49.0 Å². The molecule has 0 bridgehead atoms. The van der Waals surface area contributed by atoms with Gasteiger partial charge in [-0.05, 0) is 45.6 Å². The lowest BCUT2D eigenvalue weighted by atomic mass is 9.81. The van der Waals surface area contributed by atoms with Gasteiger partial charge in [-0.3, -0.25) is 24.1 Å². The quantitative estimate of drug-likeness (QED) is 0.399. The Hall–Kier alpha value is -2.44.